The predicted molar refractivity (Wildman–Crippen MR) is 67.0 cm³/mol. The van der Waals surface area contributed by atoms with Crippen molar-refractivity contribution in [3.63, 3.8) is 0 Å². The largest absolute Gasteiger partial charge is 0.394 e. The Balaban J connectivity index is 2.01. The van der Waals surface area contributed by atoms with E-state index in [0.29, 0.717) is 11.4 Å². The maximum Gasteiger partial charge on any atom is 0.227 e. The summed E-state index contributed by atoms with van der Waals surface area (Å²) >= 11 is 5.88. The van der Waals surface area contributed by atoms with Crippen LogP contribution >= 0.6 is 11.6 Å². The molecule has 1 aromatic carbocycles. The molecule has 0 saturated carbocycles. The topological polar surface area (TPSA) is 40.5 Å². The highest BCUT2D eigenvalue weighted by Gasteiger charge is 2.27. The lowest BCUT2D eigenvalue weighted by molar-refractivity contribution is -0.131. The lowest BCUT2D eigenvalue weighted by atomic mass is 10.1. The Bertz CT molecular complexity index is 408. The van der Waals surface area contributed by atoms with E-state index in [1.54, 1.807) is 11.0 Å². The van der Waals surface area contributed by atoms with Crippen LogP contribution < -0.4 is 0 Å². The molecule has 2 rings (SSSR count). The van der Waals surface area contributed by atoms with Crippen molar-refractivity contribution in [3.05, 3.63) is 34.9 Å². The average molecular weight is 254 g/mol. The first-order valence-corrected chi connectivity index (χ1v) is 6.23. The van der Waals surface area contributed by atoms with Crippen LogP contribution in [0.15, 0.2) is 24.3 Å². The number of aliphatic hydroxyl groups excluding tert-OH is 1. The number of carbonyl (C=O) groups excluding carboxylic acids is 1. The summed E-state index contributed by atoms with van der Waals surface area (Å²) in [7, 11) is 0. The number of hydrogen-bond donors (Lipinski definition) is 1. The number of benzene rings is 1. The normalized spacial score (nSPS) is 19.6. The van der Waals surface area contributed by atoms with Gasteiger partial charge in [0.2, 0.25) is 5.91 Å². The summed E-state index contributed by atoms with van der Waals surface area (Å²) in [5.74, 6) is 0.0730. The van der Waals surface area contributed by atoms with Crippen LogP contribution in [0.5, 0.6) is 0 Å². The minimum atomic E-state index is 0.00156. The third-order valence-electron chi connectivity index (χ3n) is 3.15. The molecule has 0 spiro atoms. The Morgan fingerprint density at radius 3 is 3.06 bits per heavy atom. The SMILES string of the molecule is O=C(Cc1cccc(Cl)c1)N1CCC[C@H]1CO. The van der Waals surface area contributed by atoms with E-state index in [4.69, 9.17) is 11.6 Å². The third-order valence-corrected chi connectivity index (χ3v) is 3.39. The lowest BCUT2D eigenvalue weighted by Gasteiger charge is -2.23. The van der Waals surface area contributed by atoms with Crippen molar-refractivity contribution >= 4 is 17.5 Å². The van der Waals surface area contributed by atoms with Gasteiger partial charge in [0.25, 0.3) is 0 Å². The van der Waals surface area contributed by atoms with Crippen molar-refractivity contribution < 1.29 is 9.90 Å². The Labute approximate surface area is 106 Å². The maximum atomic E-state index is 12.1. The smallest absolute Gasteiger partial charge is 0.227 e. The highest BCUT2D eigenvalue weighted by atomic mass is 35.5. The number of halogens is 1. The number of rotatable bonds is 3. The molecule has 1 amide bonds. The van der Waals surface area contributed by atoms with Crippen LogP contribution in [-0.2, 0) is 11.2 Å². The minimum Gasteiger partial charge on any atom is -0.394 e. The van der Waals surface area contributed by atoms with Crippen molar-refractivity contribution in [3.8, 4) is 0 Å². The van der Waals surface area contributed by atoms with E-state index in [2.05, 4.69) is 0 Å². The molecule has 0 aromatic heterocycles. The average Bonchev–Trinajstić information content (AvgIpc) is 2.77. The van der Waals surface area contributed by atoms with E-state index in [0.717, 1.165) is 24.9 Å². The van der Waals surface area contributed by atoms with Gasteiger partial charge in [-0.15, -0.1) is 0 Å². The van der Waals surface area contributed by atoms with Crippen LogP contribution in [0, 0.1) is 0 Å². The van der Waals surface area contributed by atoms with Gasteiger partial charge in [-0.25, -0.2) is 0 Å². The zero-order valence-corrected chi connectivity index (χ0v) is 10.4. The molecule has 1 aliphatic rings. The Hall–Kier alpha value is -1.06. The molecule has 1 atom stereocenters. The van der Waals surface area contributed by atoms with Crippen molar-refractivity contribution in [2.75, 3.05) is 13.2 Å². The van der Waals surface area contributed by atoms with Gasteiger partial charge < -0.3 is 10.0 Å². The molecule has 1 aliphatic heterocycles. The quantitative estimate of drug-likeness (QED) is 0.893. The van der Waals surface area contributed by atoms with E-state index in [9.17, 15) is 9.90 Å². The molecular weight excluding hydrogens is 238 g/mol. The number of aliphatic hydroxyl groups is 1. The Kier molecular flexibility index (Phi) is 4.02. The summed E-state index contributed by atoms with van der Waals surface area (Å²) in [6.45, 7) is 0.811. The van der Waals surface area contributed by atoms with Gasteiger partial charge in [-0.1, -0.05) is 23.7 Å². The summed E-state index contributed by atoms with van der Waals surface area (Å²) in [6.07, 6.45) is 2.24. The zero-order chi connectivity index (χ0) is 12.3. The fraction of sp³-hybridized carbons (Fsp3) is 0.462. The van der Waals surface area contributed by atoms with Crippen LogP contribution in [0.2, 0.25) is 5.02 Å². The van der Waals surface area contributed by atoms with Gasteiger partial charge in [0.1, 0.15) is 0 Å². The van der Waals surface area contributed by atoms with E-state index in [-0.39, 0.29) is 18.6 Å². The van der Waals surface area contributed by atoms with E-state index >= 15 is 0 Å². The number of amides is 1. The molecule has 1 aromatic rings. The molecule has 0 bridgehead atoms. The van der Waals surface area contributed by atoms with Crippen molar-refractivity contribution in [1.82, 2.24) is 4.90 Å². The highest BCUT2D eigenvalue weighted by Crippen LogP contribution is 2.19. The maximum absolute atomic E-state index is 12.1. The van der Waals surface area contributed by atoms with Gasteiger partial charge >= 0.3 is 0 Å². The van der Waals surface area contributed by atoms with Crippen LogP contribution in [0.1, 0.15) is 18.4 Å². The molecule has 0 aliphatic carbocycles. The van der Waals surface area contributed by atoms with Gasteiger partial charge in [0, 0.05) is 11.6 Å². The molecule has 1 saturated heterocycles. The van der Waals surface area contributed by atoms with Gasteiger partial charge in [-0.2, -0.15) is 0 Å². The number of likely N-dealkylation sites (tertiary alicyclic amines) is 1. The zero-order valence-electron chi connectivity index (χ0n) is 9.60. The Morgan fingerprint density at radius 1 is 1.53 bits per heavy atom. The molecule has 0 radical (unpaired) electrons. The van der Waals surface area contributed by atoms with Gasteiger partial charge in [0.05, 0.1) is 19.1 Å². The fourth-order valence-corrected chi connectivity index (χ4v) is 2.49. The van der Waals surface area contributed by atoms with Crippen LogP contribution in [0.3, 0.4) is 0 Å². The van der Waals surface area contributed by atoms with Crippen molar-refractivity contribution in [1.29, 1.82) is 0 Å². The summed E-state index contributed by atoms with van der Waals surface area (Å²) in [5, 5.41) is 9.83. The van der Waals surface area contributed by atoms with Gasteiger partial charge in [0.15, 0.2) is 0 Å². The summed E-state index contributed by atoms with van der Waals surface area (Å²) < 4.78 is 0. The molecule has 1 N–H and O–H groups in total. The first-order valence-electron chi connectivity index (χ1n) is 5.85. The molecule has 1 heterocycles. The molecule has 92 valence electrons. The predicted octanol–water partition coefficient (Wildman–Crippen LogP) is 1.87. The number of nitrogens with zero attached hydrogens (tertiary/aromatic N) is 1. The number of hydrogen-bond acceptors (Lipinski definition) is 2. The van der Waals surface area contributed by atoms with Crippen molar-refractivity contribution in [2.24, 2.45) is 0 Å². The van der Waals surface area contributed by atoms with E-state index in [1.165, 1.54) is 0 Å². The molecular formula is C13H16ClNO2. The second-order valence-corrected chi connectivity index (χ2v) is 4.81. The second kappa shape index (κ2) is 5.52. The van der Waals surface area contributed by atoms with Gasteiger partial charge in [-0.05, 0) is 30.5 Å². The highest BCUT2D eigenvalue weighted by molar-refractivity contribution is 6.30. The van der Waals surface area contributed by atoms with Crippen molar-refractivity contribution in [2.45, 2.75) is 25.3 Å². The lowest BCUT2D eigenvalue weighted by Crippen LogP contribution is -2.38. The molecule has 3 nitrogen and oxygen atoms in total. The summed E-state index contributed by atoms with van der Waals surface area (Å²) in [6, 6.07) is 7.35. The molecule has 0 unspecified atom stereocenters. The Morgan fingerprint density at radius 2 is 2.35 bits per heavy atom. The fourth-order valence-electron chi connectivity index (χ4n) is 2.28. The molecule has 1 fully saturated rings. The first-order chi connectivity index (χ1) is 8.20. The summed E-state index contributed by atoms with van der Waals surface area (Å²) in [5.41, 5.74) is 0.922. The van der Waals surface area contributed by atoms with Gasteiger partial charge in [-0.3, -0.25) is 4.79 Å². The molecule has 17 heavy (non-hydrogen) atoms. The van der Waals surface area contributed by atoms with E-state index in [1.807, 2.05) is 18.2 Å². The minimum absolute atomic E-state index is 0.00156. The monoisotopic (exact) mass is 253 g/mol. The third kappa shape index (κ3) is 2.99. The van der Waals surface area contributed by atoms with E-state index < -0.39 is 0 Å². The molecule has 4 heteroatoms. The number of carbonyl (C=O) groups is 1. The van der Waals surface area contributed by atoms with Crippen LogP contribution in [0.25, 0.3) is 0 Å². The second-order valence-electron chi connectivity index (χ2n) is 4.37. The van der Waals surface area contributed by atoms with Crippen LogP contribution in [-0.4, -0.2) is 35.1 Å². The first kappa shape index (κ1) is 12.4. The summed E-state index contributed by atoms with van der Waals surface area (Å²) in [4.78, 5) is 13.8. The van der Waals surface area contributed by atoms with Crippen LogP contribution in [0.4, 0.5) is 0 Å². The standard InChI is InChI=1S/C13H16ClNO2/c14-11-4-1-3-10(7-11)8-13(17)15-6-2-5-12(15)9-16/h1,3-4,7,12,16H,2,5-6,8-9H2/t12-/m0/s1.